The summed E-state index contributed by atoms with van der Waals surface area (Å²) in [4.78, 5) is 12.3. The molecule has 108 valence electrons. The molecule has 1 aromatic rings. The maximum absolute atomic E-state index is 12.3. The third-order valence-electron chi connectivity index (χ3n) is 5.69. The van der Waals surface area contributed by atoms with Crippen molar-refractivity contribution >= 4 is 5.78 Å². The van der Waals surface area contributed by atoms with E-state index in [4.69, 9.17) is 4.74 Å². The van der Waals surface area contributed by atoms with E-state index < -0.39 is 17.1 Å². The number of phenolic OH excluding ortho intramolecular Hbond substituents is 1. The summed E-state index contributed by atoms with van der Waals surface area (Å²) < 4.78 is 5.85. The summed E-state index contributed by atoms with van der Waals surface area (Å²) in [5, 5.41) is 24.8. The van der Waals surface area contributed by atoms with Gasteiger partial charge in [0.2, 0.25) is 0 Å². The fourth-order valence-electron chi connectivity index (χ4n) is 4.83. The molecule has 4 atom stereocenters. The van der Waals surface area contributed by atoms with Crippen LogP contribution in [0, 0.1) is 0 Å². The number of ketones is 1. The highest BCUT2D eigenvalue weighted by Gasteiger charge is 2.70. The van der Waals surface area contributed by atoms with Crippen molar-refractivity contribution in [3.63, 3.8) is 0 Å². The molecule has 0 saturated carbocycles. The number of carbonyl (C=O) groups is 1. The molecule has 5 rings (SSSR count). The standard InChI is InChI=1S/C16H15NO4/c18-9-2-1-8-7-11-16(20)4-3-10(19)14-15(16,5-6-17-11)12(8)13(9)21-14/h1-4,11,14,17-18,20H,5-7H2/t11-,14?,15+,16-/m1/s1. The highest BCUT2D eigenvalue weighted by molar-refractivity contribution is 5.99. The van der Waals surface area contributed by atoms with Gasteiger partial charge in [-0.3, -0.25) is 4.79 Å². The molecule has 0 aromatic heterocycles. The third kappa shape index (κ3) is 1.05. The number of nitrogens with one attached hydrogen (secondary N) is 1. The van der Waals surface area contributed by atoms with Gasteiger partial charge in [-0.05, 0) is 43.2 Å². The Kier molecular flexibility index (Phi) is 1.86. The minimum Gasteiger partial charge on any atom is -0.504 e. The first-order valence-corrected chi connectivity index (χ1v) is 7.29. The van der Waals surface area contributed by atoms with Crippen molar-refractivity contribution in [3.8, 4) is 11.5 Å². The smallest absolute Gasteiger partial charge is 0.196 e. The molecule has 1 aromatic carbocycles. The van der Waals surface area contributed by atoms with Crippen LogP contribution in [0.15, 0.2) is 24.3 Å². The Balaban J connectivity index is 1.93. The first-order chi connectivity index (χ1) is 10.1. The number of hydrogen-bond donors (Lipinski definition) is 3. The van der Waals surface area contributed by atoms with Gasteiger partial charge >= 0.3 is 0 Å². The van der Waals surface area contributed by atoms with Gasteiger partial charge in [-0.1, -0.05) is 6.07 Å². The summed E-state index contributed by atoms with van der Waals surface area (Å²) >= 11 is 0. The van der Waals surface area contributed by atoms with Crippen LogP contribution in [0.1, 0.15) is 17.5 Å². The lowest BCUT2D eigenvalue weighted by Crippen LogP contribution is -2.74. The maximum Gasteiger partial charge on any atom is 0.196 e. The Hall–Kier alpha value is -1.85. The van der Waals surface area contributed by atoms with Gasteiger partial charge in [-0.25, -0.2) is 0 Å². The molecule has 5 heteroatoms. The SMILES string of the molecule is O=C1C=C[C@@]2(O)[C@H]3Cc4ccc(O)c5c4[C@@]2(CCN3)C1O5. The third-order valence-corrected chi connectivity index (χ3v) is 5.69. The second-order valence-electron chi connectivity index (χ2n) is 6.44. The summed E-state index contributed by atoms with van der Waals surface area (Å²) in [6, 6.07) is 3.36. The van der Waals surface area contributed by atoms with Gasteiger partial charge in [0, 0.05) is 11.6 Å². The number of rotatable bonds is 0. The molecule has 2 aliphatic carbocycles. The molecule has 1 saturated heterocycles. The molecule has 1 fully saturated rings. The average Bonchev–Trinajstić information content (AvgIpc) is 2.80. The Morgan fingerprint density at radius 1 is 1.38 bits per heavy atom. The molecule has 3 N–H and O–H groups in total. The molecule has 1 spiro atoms. The number of hydrogen-bond acceptors (Lipinski definition) is 5. The number of phenols is 1. The van der Waals surface area contributed by atoms with Gasteiger partial charge in [-0.2, -0.15) is 0 Å². The average molecular weight is 285 g/mol. The molecule has 1 unspecified atom stereocenters. The van der Waals surface area contributed by atoms with E-state index in [0.717, 1.165) is 17.7 Å². The molecule has 4 aliphatic rings. The second-order valence-corrected chi connectivity index (χ2v) is 6.44. The van der Waals surface area contributed by atoms with Crippen molar-refractivity contribution in [1.82, 2.24) is 5.32 Å². The first kappa shape index (κ1) is 11.8. The summed E-state index contributed by atoms with van der Waals surface area (Å²) in [6.07, 6.45) is 3.60. The number of aliphatic hydroxyl groups is 1. The van der Waals surface area contributed by atoms with Crippen LogP contribution in [0.5, 0.6) is 11.5 Å². The van der Waals surface area contributed by atoms with Gasteiger partial charge in [0.1, 0.15) is 5.60 Å². The van der Waals surface area contributed by atoms with E-state index in [0.29, 0.717) is 18.6 Å². The van der Waals surface area contributed by atoms with E-state index in [9.17, 15) is 15.0 Å². The van der Waals surface area contributed by atoms with Crippen LogP contribution in [-0.4, -0.2) is 40.3 Å². The van der Waals surface area contributed by atoms with E-state index in [-0.39, 0.29) is 17.6 Å². The molecule has 0 amide bonds. The van der Waals surface area contributed by atoms with Crippen LogP contribution >= 0.6 is 0 Å². The van der Waals surface area contributed by atoms with Crippen LogP contribution < -0.4 is 10.1 Å². The summed E-state index contributed by atoms with van der Waals surface area (Å²) in [7, 11) is 0. The van der Waals surface area contributed by atoms with Gasteiger partial charge < -0.3 is 20.3 Å². The Morgan fingerprint density at radius 3 is 3.10 bits per heavy atom. The van der Waals surface area contributed by atoms with Crippen molar-refractivity contribution in [1.29, 1.82) is 0 Å². The van der Waals surface area contributed by atoms with Crippen molar-refractivity contribution < 1.29 is 19.7 Å². The summed E-state index contributed by atoms with van der Waals surface area (Å²) in [5.74, 6) is 0.293. The van der Waals surface area contributed by atoms with Crippen LogP contribution in [0.3, 0.4) is 0 Å². The molecule has 5 nitrogen and oxygen atoms in total. The number of piperidine rings is 1. The lowest BCUT2D eigenvalue weighted by Gasteiger charge is -2.57. The number of aromatic hydroxyl groups is 1. The summed E-state index contributed by atoms with van der Waals surface area (Å²) in [5.41, 5.74) is -0.0209. The van der Waals surface area contributed by atoms with Crippen LogP contribution in [0.25, 0.3) is 0 Å². The number of carbonyl (C=O) groups excluding carboxylic acids is 1. The Labute approximate surface area is 121 Å². The predicted octanol–water partition coefficient (Wildman–Crippen LogP) is 0.179. The van der Waals surface area contributed by atoms with E-state index in [1.165, 1.54) is 6.08 Å². The molecule has 0 radical (unpaired) electrons. The van der Waals surface area contributed by atoms with Crippen LogP contribution in [-0.2, 0) is 16.6 Å². The fraction of sp³-hybridized carbons (Fsp3) is 0.438. The zero-order valence-corrected chi connectivity index (χ0v) is 11.3. The zero-order chi connectivity index (χ0) is 14.4. The van der Waals surface area contributed by atoms with Crippen LogP contribution in [0.4, 0.5) is 0 Å². The highest BCUT2D eigenvalue weighted by atomic mass is 16.5. The van der Waals surface area contributed by atoms with E-state index in [1.807, 2.05) is 6.07 Å². The van der Waals surface area contributed by atoms with E-state index >= 15 is 0 Å². The predicted molar refractivity (Wildman–Crippen MR) is 73.4 cm³/mol. The quantitative estimate of drug-likeness (QED) is 0.634. The summed E-state index contributed by atoms with van der Waals surface area (Å²) in [6.45, 7) is 0.725. The van der Waals surface area contributed by atoms with E-state index in [1.54, 1.807) is 12.1 Å². The minimum atomic E-state index is -1.14. The van der Waals surface area contributed by atoms with E-state index in [2.05, 4.69) is 5.32 Å². The van der Waals surface area contributed by atoms with Gasteiger partial charge in [0.05, 0.1) is 5.41 Å². The highest BCUT2D eigenvalue weighted by Crippen LogP contribution is 2.62. The first-order valence-electron chi connectivity index (χ1n) is 7.29. The molecule has 2 aliphatic heterocycles. The Bertz CT molecular complexity index is 727. The molecule has 2 heterocycles. The molecular formula is C16H15NO4. The second kappa shape index (κ2) is 3.31. The zero-order valence-electron chi connectivity index (χ0n) is 11.3. The number of benzene rings is 1. The normalized spacial score (nSPS) is 41.7. The van der Waals surface area contributed by atoms with Crippen molar-refractivity contribution in [2.75, 3.05) is 6.54 Å². The monoisotopic (exact) mass is 285 g/mol. The van der Waals surface area contributed by atoms with Gasteiger partial charge in [0.15, 0.2) is 23.4 Å². The van der Waals surface area contributed by atoms with Crippen molar-refractivity contribution in [2.24, 2.45) is 0 Å². The van der Waals surface area contributed by atoms with Gasteiger partial charge in [0.25, 0.3) is 0 Å². The minimum absolute atomic E-state index is 0.0460. The number of ether oxygens (including phenoxy) is 1. The molecule has 21 heavy (non-hydrogen) atoms. The molecular weight excluding hydrogens is 270 g/mol. The lowest BCUT2D eigenvalue weighted by molar-refractivity contribution is -0.139. The van der Waals surface area contributed by atoms with Gasteiger partial charge in [-0.15, -0.1) is 0 Å². The van der Waals surface area contributed by atoms with Crippen molar-refractivity contribution in [2.45, 2.75) is 36.0 Å². The Morgan fingerprint density at radius 2 is 2.24 bits per heavy atom. The largest absolute Gasteiger partial charge is 0.504 e. The van der Waals surface area contributed by atoms with Crippen LogP contribution in [0.2, 0.25) is 0 Å². The molecule has 2 bridgehead atoms. The maximum atomic E-state index is 12.3. The lowest BCUT2D eigenvalue weighted by atomic mass is 9.51. The van der Waals surface area contributed by atoms with Crippen molar-refractivity contribution in [3.05, 3.63) is 35.4 Å². The topological polar surface area (TPSA) is 78.8 Å². The fourth-order valence-corrected chi connectivity index (χ4v) is 4.83.